The molecule has 52 valence electrons. The van der Waals surface area contributed by atoms with Crippen molar-refractivity contribution in [1.29, 1.82) is 0 Å². The van der Waals surface area contributed by atoms with Crippen LogP contribution in [-0.4, -0.2) is 48.4 Å². The number of hydrogen-bond donors (Lipinski definition) is 0. The predicted octanol–water partition coefficient (Wildman–Crippen LogP) is 0.211. The molecule has 0 unspecified atom stereocenters. The van der Waals surface area contributed by atoms with E-state index in [-0.39, 0.29) is 0 Å². The van der Waals surface area contributed by atoms with E-state index < -0.39 is 0 Å². The highest BCUT2D eigenvalue weighted by Crippen LogP contribution is 1.91. The first kappa shape index (κ1) is 7.03. The van der Waals surface area contributed by atoms with Gasteiger partial charge in [-0.05, 0) is 18.6 Å². The molecular weight excluding hydrogens is 136 g/mol. The van der Waals surface area contributed by atoms with Gasteiger partial charge in [-0.15, -0.1) is 0 Å². The highest BCUT2D eigenvalue weighted by atomic mass is 35.5. The van der Waals surface area contributed by atoms with Gasteiger partial charge in [0.15, 0.2) is 13.1 Å². The number of likely N-dealkylation sites (N-methyl/N-ethyl adjacent to an activating group) is 1. The molecule has 1 rings (SSSR count). The van der Waals surface area contributed by atoms with E-state index in [1.54, 1.807) is 5.67 Å². The van der Waals surface area contributed by atoms with E-state index in [2.05, 4.69) is 16.5 Å². The summed E-state index contributed by atoms with van der Waals surface area (Å²) in [5.41, 5.74) is 1.65. The third kappa shape index (κ3) is 1.95. The first-order valence-electron chi connectivity index (χ1n) is 3.19. The zero-order valence-electron chi connectivity index (χ0n) is 5.68. The summed E-state index contributed by atoms with van der Waals surface area (Å²) in [4.78, 5) is 2.30. The van der Waals surface area contributed by atoms with E-state index in [9.17, 15) is 0 Å². The summed E-state index contributed by atoms with van der Waals surface area (Å²) in [5, 5.41) is 0. The second-order valence-corrected chi connectivity index (χ2v) is 2.63. The second kappa shape index (κ2) is 3.18. The van der Waals surface area contributed by atoms with E-state index in [4.69, 9.17) is 11.6 Å². The van der Waals surface area contributed by atoms with Gasteiger partial charge in [0.25, 0.3) is 0 Å². The van der Waals surface area contributed by atoms with Crippen molar-refractivity contribution in [2.24, 2.45) is 0 Å². The Morgan fingerprint density at radius 2 is 2.00 bits per heavy atom. The fourth-order valence-electron chi connectivity index (χ4n) is 0.920. The Morgan fingerprint density at radius 1 is 1.44 bits per heavy atom. The highest BCUT2D eigenvalue weighted by Gasteiger charge is 2.13. The molecule has 0 spiro atoms. The molecular formula is C6H12ClN2+. The van der Waals surface area contributed by atoms with Crippen LogP contribution in [0, 0.1) is 0 Å². The van der Waals surface area contributed by atoms with Crippen molar-refractivity contribution in [3.8, 4) is 0 Å². The van der Waals surface area contributed by atoms with Gasteiger partial charge in [-0.25, -0.2) is 4.58 Å². The lowest BCUT2D eigenvalue weighted by molar-refractivity contribution is -0.532. The molecule has 0 aromatic heterocycles. The first-order chi connectivity index (χ1) is 4.33. The Morgan fingerprint density at radius 3 is 2.44 bits per heavy atom. The van der Waals surface area contributed by atoms with Crippen LogP contribution in [0.2, 0.25) is 0 Å². The van der Waals surface area contributed by atoms with Crippen LogP contribution in [-0.2, 0) is 0 Å². The molecule has 1 aliphatic heterocycles. The molecule has 0 N–H and O–H groups in total. The molecule has 0 aromatic rings. The van der Waals surface area contributed by atoms with Crippen LogP contribution in [0.3, 0.4) is 0 Å². The summed E-state index contributed by atoms with van der Waals surface area (Å²) in [6, 6.07) is 0. The summed E-state index contributed by atoms with van der Waals surface area (Å²) >= 11 is 5.51. The minimum absolute atomic E-state index is 1.07. The van der Waals surface area contributed by atoms with Crippen LogP contribution < -0.4 is 0 Å². The molecule has 0 aliphatic carbocycles. The van der Waals surface area contributed by atoms with Crippen LogP contribution in [0.5, 0.6) is 0 Å². The molecule has 3 heteroatoms. The second-order valence-electron chi connectivity index (χ2n) is 2.44. The summed E-state index contributed by atoms with van der Waals surface area (Å²) in [7, 11) is 2.13. The van der Waals surface area contributed by atoms with Crippen molar-refractivity contribution >= 4 is 17.3 Å². The molecule has 1 heterocycles. The summed E-state index contributed by atoms with van der Waals surface area (Å²) in [5.74, 6) is 0. The Balaban J connectivity index is 2.35. The normalized spacial score (nSPS) is 22.2. The lowest BCUT2D eigenvalue weighted by atomic mass is 10.4. The summed E-state index contributed by atoms with van der Waals surface area (Å²) < 4.78 is 2.13. The topological polar surface area (TPSA) is 6.25 Å². The Labute approximate surface area is 60.7 Å². The predicted molar refractivity (Wildman–Crippen MR) is 39.4 cm³/mol. The molecule has 0 radical (unpaired) electrons. The minimum atomic E-state index is 1.07. The Hall–Kier alpha value is -0.0800. The van der Waals surface area contributed by atoms with Crippen molar-refractivity contribution in [3.63, 3.8) is 0 Å². The van der Waals surface area contributed by atoms with Gasteiger partial charge in [0.05, 0.1) is 13.1 Å². The number of nitrogens with zero attached hydrogens (tertiary/aromatic N) is 2. The molecule has 0 aromatic carbocycles. The number of rotatable bonds is 0. The van der Waals surface area contributed by atoms with Crippen molar-refractivity contribution < 1.29 is 4.58 Å². The van der Waals surface area contributed by atoms with Crippen molar-refractivity contribution in [2.45, 2.75) is 0 Å². The first-order valence-corrected chi connectivity index (χ1v) is 3.62. The standard InChI is InChI=1S/C6H12ClN2/c1-8-2-4-9(6-7)5-3-8/h6H,2-5H2,1H3/q+1. The molecule has 0 atom stereocenters. The van der Waals surface area contributed by atoms with E-state index >= 15 is 0 Å². The van der Waals surface area contributed by atoms with Gasteiger partial charge >= 0.3 is 0 Å². The average molecular weight is 148 g/mol. The van der Waals surface area contributed by atoms with Crippen LogP contribution in [0.25, 0.3) is 0 Å². The van der Waals surface area contributed by atoms with Crippen LogP contribution in [0.1, 0.15) is 0 Å². The maximum atomic E-state index is 5.51. The van der Waals surface area contributed by atoms with Gasteiger partial charge in [0.1, 0.15) is 0 Å². The Kier molecular flexibility index (Phi) is 2.49. The maximum absolute atomic E-state index is 5.51. The minimum Gasteiger partial charge on any atom is -0.294 e. The highest BCUT2D eigenvalue weighted by molar-refractivity contribution is 6.54. The molecule has 1 fully saturated rings. The lowest BCUT2D eigenvalue weighted by Crippen LogP contribution is -2.39. The molecule has 0 amide bonds. The van der Waals surface area contributed by atoms with Gasteiger partial charge in [0, 0.05) is 0 Å². The largest absolute Gasteiger partial charge is 0.294 e. The van der Waals surface area contributed by atoms with Crippen molar-refractivity contribution in [1.82, 2.24) is 4.90 Å². The lowest BCUT2D eigenvalue weighted by Gasteiger charge is -2.19. The van der Waals surface area contributed by atoms with E-state index in [1.807, 2.05) is 0 Å². The van der Waals surface area contributed by atoms with Crippen LogP contribution >= 0.6 is 11.6 Å². The van der Waals surface area contributed by atoms with Crippen molar-refractivity contribution in [2.75, 3.05) is 33.2 Å². The van der Waals surface area contributed by atoms with Gasteiger partial charge in [-0.1, -0.05) is 0 Å². The average Bonchev–Trinajstić information content (AvgIpc) is 1.90. The maximum Gasteiger partial charge on any atom is 0.232 e. The molecule has 1 saturated heterocycles. The monoisotopic (exact) mass is 147 g/mol. The number of hydrogen-bond acceptors (Lipinski definition) is 1. The fourth-order valence-corrected chi connectivity index (χ4v) is 1.11. The fraction of sp³-hybridized carbons (Fsp3) is 0.833. The van der Waals surface area contributed by atoms with Gasteiger partial charge in [0.2, 0.25) is 5.67 Å². The van der Waals surface area contributed by atoms with E-state index in [0.717, 1.165) is 26.2 Å². The van der Waals surface area contributed by atoms with E-state index in [1.165, 1.54) is 0 Å². The molecule has 0 saturated carbocycles. The summed E-state index contributed by atoms with van der Waals surface area (Å²) in [6.07, 6.45) is 0. The third-order valence-corrected chi connectivity index (χ3v) is 1.95. The number of halogens is 1. The van der Waals surface area contributed by atoms with Crippen molar-refractivity contribution in [3.05, 3.63) is 0 Å². The molecule has 9 heavy (non-hydrogen) atoms. The molecule has 1 aliphatic rings. The number of piperazine rings is 1. The quantitative estimate of drug-likeness (QED) is 0.444. The molecule has 0 bridgehead atoms. The third-order valence-electron chi connectivity index (χ3n) is 1.68. The van der Waals surface area contributed by atoms with Gasteiger partial charge in [-0.3, -0.25) is 4.90 Å². The van der Waals surface area contributed by atoms with Crippen LogP contribution in [0.15, 0.2) is 0 Å². The summed E-state index contributed by atoms with van der Waals surface area (Å²) in [6.45, 7) is 4.40. The SMILES string of the molecule is CN1CC[N+](=CCl)CC1. The van der Waals surface area contributed by atoms with Gasteiger partial charge in [-0.2, -0.15) is 0 Å². The smallest absolute Gasteiger partial charge is 0.232 e. The zero-order chi connectivity index (χ0) is 6.69. The molecule has 2 nitrogen and oxygen atoms in total. The van der Waals surface area contributed by atoms with E-state index in [0.29, 0.717) is 0 Å². The van der Waals surface area contributed by atoms with Crippen LogP contribution in [0.4, 0.5) is 0 Å². The van der Waals surface area contributed by atoms with Gasteiger partial charge < -0.3 is 0 Å². The Bertz CT molecular complexity index is 112. The zero-order valence-corrected chi connectivity index (χ0v) is 6.43.